The summed E-state index contributed by atoms with van der Waals surface area (Å²) in [5, 5.41) is 8.73. The highest BCUT2D eigenvalue weighted by atomic mass is 32.2. The summed E-state index contributed by atoms with van der Waals surface area (Å²) in [5.74, 6) is 0.563. The lowest BCUT2D eigenvalue weighted by Crippen LogP contribution is -2.32. The van der Waals surface area contributed by atoms with Crippen molar-refractivity contribution in [1.82, 2.24) is 4.90 Å². The highest BCUT2D eigenvalue weighted by Crippen LogP contribution is 2.19. The Labute approximate surface area is 126 Å². The second-order valence-corrected chi connectivity index (χ2v) is 7.77. The number of hydrogen-bond donors (Lipinski definition) is 1. The molecule has 2 atom stereocenters. The number of benzene rings is 1. The molecule has 1 aromatic rings. The van der Waals surface area contributed by atoms with E-state index >= 15 is 0 Å². The van der Waals surface area contributed by atoms with E-state index in [9.17, 15) is 8.42 Å². The fraction of sp³-hybridized carbons (Fsp3) is 0.533. The summed E-state index contributed by atoms with van der Waals surface area (Å²) in [6.07, 6.45) is 1.04. The van der Waals surface area contributed by atoms with Gasteiger partial charge in [-0.3, -0.25) is 0 Å². The minimum Gasteiger partial charge on any atom is -0.328 e. The Hall–Kier alpha value is -1.42. The van der Waals surface area contributed by atoms with Gasteiger partial charge >= 0.3 is 0 Å². The normalized spacial score (nSPS) is 21.1. The van der Waals surface area contributed by atoms with Gasteiger partial charge in [-0.1, -0.05) is 0 Å². The molecule has 0 spiro atoms. The molecule has 1 saturated heterocycles. The van der Waals surface area contributed by atoms with Gasteiger partial charge in [0.05, 0.1) is 22.3 Å². The van der Waals surface area contributed by atoms with Gasteiger partial charge < -0.3 is 10.6 Å². The van der Waals surface area contributed by atoms with Crippen LogP contribution in [0.25, 0.3) is 0 Å². The zero-order valence-corrected chi connectivity index (χ0v) is 13.0. The molecule has 21 heavy (non-hydrogen) atoms. The topological polar surface area (TPSA) is 87.2 Å². The SMILES string of the molecule is CC(N)C1CCN(CCS(=O)(=O)c2ccc(C#N)cc2)C1. The number of nitrogens with two attached hydrogens (primary N) is 1. The minimum atomic E-state index is -3.29. The number of sulfone groups is 1. The zero-order chi connectivity index (χ0) is 15.5. The lowest BCUT2D eigenvalue weighted by molar-refractivity contribution is 0.332. The first-order valence-electron chi connectivity index (χ1n) is 7.13. The van der Waals surface area contributed by atoms with Gasteiger partial charge in [0, 0.05) is 19.1 Å². The largest absolute Gasteiger partial charge is 0.328 e. The van der Waals surface area contributed by atoms with Crippen molar-refractivity contribution in [3.8, 4) is 6.07 Å². The van der Waals surface area contributed by atoms with Gasteiger partial charge in [-0.25, -0.2) is 8.42 Å². The van der Waals surface area contributed by atoms with Gasteiger partial charge in [0.2, 0.25) is 0 Å². The van der Waals surface area contributed by atoms with Crippen molar-refractivity contribution in [2.75, 3.05) is 25.4 Å². The molecule has 0 aliphatic carbocycles. The van der Waals surface area contributed by atoms with E-state index in [1.165, 1.54) is 24.3 Å². The summed E-state index contributed by atoms with van der Waals surface area (Å²) < 4.78 is 24.5. The lowest BCUT2D eigenvalue weighted by atomic mass is 10.0. The summed E-state index contributed by atoms with van der Waals surface area (Å²) in [7, 11) is -3.29. The van der Waals surface area contributed by atoms with Crippen LogP contribution in [0.5, 0.6) is 0 Å². The molecule has 0 saturated carbocycles. The van der Waals surface area contributed by atoms with E-state index in [1.54, 1.807) is 0 Å². The molecule has 0 amide bonds. The van der Waals surface area contributed by atoms with Crippen molar-refractivity contribution in [3.05, 3.63) is 29.8 Å². The van der Waals surface area contributed by atoms with Crippen molar-refractivity contribution in [1.29, 1.82) is 5.26 Å². The molecule has 5 nitrogen and oxygen atoms in total. The Morgan fingerprint density at radius 2 is 2.10 bits per heavy atom. The van der Waals surface area contributed by atoms with Crippen LogP contribution >= 0.6 is 0 Å². The maximum Gasteiger partial charge on any atom is 0.179 e. The lowest BCUT2D eigenvalue weighted by Gasteiger charge is -2.17. The second-order valence-electron chi connectivity index (χ2n) is 5.66. The van der Waals surface area contributed by atoms with Crippen LogP contribution in [-0.4, -0.2) is 44.7 Å². The number of rotatable bonds is 5. The van der Waals surface area contributed by atoms with Gasteiger partial charge in [-0.2, -0.15) is 5.26 Å². The fourth-order valence-electron chi connectivity index (χ4n) is 2.60. The first-order valence-corrected chi connectivity index (χ1v) is 8.78. The van der Waals surface area contributed by atoms with E-state index < -0.39 is 9.84 Å². The van der Waals surface area contributed by atoms with Gasteiger partial charge in [-0.15, -0.1) is 0 Å². The van der Waals surface area contributed by atoms with Crippen LogP contribution in [0, 0.1) is 17.2 Å². The fourth-order valence-corrected chi connectivity index (χ4v) is 3.88. The highest BCUT2D eigenvalue weighted by Gasteiger charge is 2.26. The van der Waals surface area contributed by atoms with Crippen LogP contribution in [-0.2, 0) is 9.84 Å². The van der Waals surface area contributed by atoms with Crippen molar-refractivity contribution in [3.63, 3.8) is 0 Å². The summed E-state index contributed by atoms with van der Waals surface area (Å²) in [6, 6.07) is 8.22. The maximum atomic E-state index is 12.3. The maximum absolute atomic E-state index is 12.3. The summed E-state index contributed by atoms with van der Waals surface area (Å²) in [4.78, 5) is 2.44. The first-order chi connectivity index (χ1) is 9.92. The molecule has 2 N–H and O–H groups in total. The molecular weight excluding hydrogens is 286 g/mol. The average molecular weight is 307 g/mol. The Morgan fingerprint density at radius 3 is 2.62 bits per heavy atom. The van der Waals surface area contributed by atoms with Crippen LogP contribution in [0.15, 0.2) is 29.2 Å². The standard InChI is InChI=1S/C15H21N3O2S/c1-12(17)14-6-7-18(11-14)8-9-21(19,20)15-4-2-13(10-16)3-5-15/h2-5,12,14H,6-9,11,17H2,1H3. The summed E-state index contributed by atoms with van der Waals surface area (Å²) in [6.45, 7) is 4.32. The Morgan fingerprint density at radius 1 is 1.43 bits per heavy atom. The van der Waals surface area contributed by atoms with Crippen LogP contribution in [0.4, 0.5) is 0 Å². The number of hydrogen-bond acceptors (Lipinski definition) is 5. The third kappa shape index (κ3) is 4.03. The molecule has 1 fully saturated rings. The molecule has 114 valence electrons. The number of nitriles is 1. The van der Waals surface area contributed by atoms with E-state index in [-0.39, 0.29) is 16.7 Å². The smallest absolute Gasteiger partial charge is 0.179 e. The molecule has 6 heteroatoms. The Bertz CT molecular complexity index is 617. The molecular formula is C15H21N3O2S. The van der Waals surface area contributed by atoms with Gasteiger partial charge in [-0.05, 0) is 50.1 Å². The predicted molar refractivity (Wildman–Crippen MR) is 81.4 cm³/mol. The van der Waals surface area contributed by atoms with Crippen LogP contribution < -0.4 is 5.73 Å². The predicted octanol–water partition coefficient (Wildman–Crippen LogP) is 1.00. The minimum absolute atomic E-state index is 0.102. The first kappa shape index (κ1) is 16.0. The highest BCUT2D eigenvalue weighted by molar-refractivity contribution is 7.91. The third-order valence-electron chi connectivity index (χ3n) is 4.07. The molecule has 1 aromatic carbocycles. The molecule has 1 heterocycles. The number of nitrogens with zero attached hydrogens (tertiary/aromatic N) is 2. The Kier molecular flexibility index (Phi) is 4.99. The molecule has 0 radical (unpaired) electrons. The van der Waals surface area contributed by atoms with Gasteiger partial charge in [0.25, 0.3) is 0 Å². The van der Waals surface area contributed by atoms with Crippen LogP contribution in [0.2, 0.25) is 0 Å². The molecule has 0 bridgehead atoms. The van der Waals surface area contributed by atoms with E-state index in [0.29, 0.717) is 18.0 Å². The summed E-state index contributed by atoms with van der Waals surface area (Å²) in [5.41, 5.74) is 6.35. The Balaban J connectivity index is 1.94. The van der Waals surface area contributed by atoms with Crippen molar-refractivity contribution < 1.29 is 8.42 Å². The van der Waals surface area contributed by atoms with E-state index in [1.807, 2.05) is 13.0 Å². The number of likely N-dealkylation sites (tertiary alicyclic amines) is 1. The van der Waals surface area contributed by atoms with Crippen molar-refractivity contribution in [2.24, 2.45) is 11.7 Å². The molecule has 0 aromatic heterocycles. The summed E-state index contributed by atoms with van der Waals surface area (Å²) >= 11 is 0. The van der Waals surface area contributed by atoms with Crippen molar-refractivity contribution >= 4 is 9.84 Å². The second kappa shape index (κ2) is 6.56. The molecule has 1 aliphatic heterocycles. The molecule has 2 unspecified atom stereocenters. The average Bonchev–Trinajstić information content (AvgIpc) is 2.94. The van der Waals surface area contributed by atoms with Gasteiger partial charge in [0.15, 0.2) is 9.84 Å². The van der Waals surface area contributed by atoms with Crippen molar-refractivity contribution in [2.45, 2.75) is 24.3 Å². The van der Waals surface area contributed by atoms with E-state index in [4.69, 9.17) is 11.0 Å². The van der Waals surface area contributed by atoms with E-state index in [0.717, 1.165) is 19.5 Å². The third-order valence-corrected chi connectivity index (χ3v) is 5.78. The van der Waals surface area contributed by atoms with Crippen LogP contribution in [0.3, 0.4) is 0 Å². The molecule has 2 rings (SSSR count). The molecule has 1 aliphatic rings. The van der Waals surface area contributed by atoms with E-state index in [2.05, 4.69) is 4.90 Å². The zero-order valence-electron chi connectivity index (χ0n) is 12.2. The quantitative estimate of drug-likeness (QED) is 0.877. The van der Waals surface area contributed by atoms with Crippen LogP contribution in [0.1, 0.15) is 18.9 Å². The van der Waals surface area contributed by atoms with Gasteiger partial charge in [0.1, 0.15) is 0 Å². The monoisotopic (exact) mass is 307 g/mol.